The average molecular weight is 1190 g/mol. The lowest BCUT2D eigenvalue weighted by molar-refractivity contribution is -0.137. The second-order valence-corrected chi connectivity index (χ2v) is 21.9. The molecule has 1 aromatic rings. The number of hydrogen-bond donors (Lipinski definition) is 18. The van der Waals surface area contributed by atoms with E-state index in [0.29, 0.717) is 17.9 Å². The number of carbonyl (C=O) groups is 11. The summed E-state index contributed by atoms with van der Waals surface area (Å²) in [6.45, 7) is 8.92. The van der Waals surface area contributed by atoms with Crippen LogP contribution >= 0.6 is 0 Å². The molecule has 0 saturated carbocycles. The van der Waals surface area contributed by atoms with E-state index < -0.39 is 151 Å². The molecule has 12 atom stereocenters. The van der Waals surface area contributed by atoms with Gasteiger partial charge in [0.25, 0.3) is 0 Å². The maximum Gasteiger partial charge on any atom is 0.245 e. The first-order valence-corrected chi connectivity index (χ1v) is 29.0. The molecule has 0 spiro atoms. The molecular weight excluding hydrogens is 1090 g/mol. The number of hydrogen-bond acceptors (Lipinski definition) is 18. The van der Waals surface area contributed by atoms with Crippen LogP contribution in [0.25, 0.3) is 0 Å². The quantitative estimate of drug-likeness (QED) is 0.0348. The summed E-state index contributed by atoms with van der Waals surface area (Å²) in [5.41, 5.74) is 29.9. The zero-order valence-corrected chi connectivity index (χ0v) is 49.5. The van der Waals surface area contributed by atoms with E-state index >= 15 is 0 Å². The molecule has 1 fully saturated rings. The lowest BCUT2D eigenvalue weighted by atomic mass is 10.00. The Morgan fingerprint density at radius 2 is 1.02 bits per heavy atom. The Bertz CT molecular complexity index is 2290. The van der Waals surface area contributed by atoms with Crippen LogP contribution in [-0.4, -0.2) is 187 Å². The van der Waals surface area contributed by atoms with E-state index in [2.05, 4.69) is 72.3 Å². The van der Waals surface area contributed by atoms with Crippen LogP contribution in [0.3, 0.4) is 0 Å². The van der Waals surface area contributed by atoms with Crippen molar-refractivity contribution in [1.29, 1.82) is 0 Å². The van der Waals surface area contributed by atoms with Crippen molar-refractivity contribution in [2.24, 2.45) is 40.5 Å². The molecule has 0 aromatic heterocycles. The molecule has 11 amide bonds. The minimum atomic E-state index is -1.70. The predicted octanol–water partition coefficient (Wildman–Crippen LogP) is -5.63. The Morgan fingerprint density at radius 3 is 1.52 bits per heavy atom. The van der Waals surface area contributed by atoms with Gasteiger partial charge < -0.3 is 97.4 Å². The van der Waals surface area contributed by atoms with Gasteiger partial charge in [0, 0.05) is 19.4 Å². The molecule has 1 aliphatic heterocycles. The molecule has 0 aliphatic carbocycles. The molecule has 29 nitrogen and oxygen atoms in total. The Labute approximate surface area is 491 Å². The number of aliphatic hydroxyl groups excluding tert-OH is 2. The maximum absolute atomic E-state index is 14.5. The van der Waals surface area contributed by atoms with Crippen molar-refractivity contribution in [2.75, 3.05) is 39.3 Å². The van der Waals surface area contributed by atoms with E-state index in [9.17, 15) is 63.0 Å². The minimum absolute atomic E-state index is 0.0181. The summed E-state index contributed by atoms with van der Waals surface area (Å²) in [5, 5.41) is 49.6. The molecule has 2 rings (SSSR count). The lowest BCUT2D eigenvalue weighted by Crippen LogP contribution is -2.62. The second-order valence-electron chi connectivity index (χ2n) is 21.9. The fourth-order valence-electron chi connectivity index (χ4n) is 8.98. The van der Waals surface area contributed by atoms with E-state index in [1.54, 1.807) is 44.2 Å². The highest BCUT2D eigenvalue weighted by Gasteiger charge is 2.37. The van der Waals surface area contributed by atoms with E-state index in [-0.39, 0.29) is 90.0 Å². The number of nitrogens with two attached hydrogens (primary N) is 5. The summed E-state index contributed by atoms with van der Waals surface area (Å²) in [4.78, 5) is 154. The van der Waals surface area contributed by atoms with Gasteiger partial charge in [0.1, 0.15) is 60.4 Å². The molecule has 474 valence electrons. The van der Waals surface area contributed by atoms with E-state index in [1.165, 1.54) is 13.8 Å². The normalized spacial score (nSPS) is 22.7. The van der Waals surface area contributed by atoms with Crippen molar-refractivity contribution < 1.29 is 63.0 Å². The smallest absolute Gasteiger partial charge is 0.245 e. The molecule has 1 aliphatic rings. The minimum Gasteiger partial charge on any atom is -0.391 e. The maximum atomic E-state index is 14.5. The second kappa shape index (κ2) is 38.9. The van der Waals surface area contributed by atoms with Gasteiger partial charge in [-0.1, -0.05) is 70.9 Å². The zero-order chi connectivity index (χ0) is 63.1. The SMILES string of the molecule is CC(C)CCCCC(=O)N[C@@H](CCN)C(=O)N[C@@H](C(=O)N[C@H](CCN)C(=O)N[C@@H]1CCNC(=O)C([C@@H](C)O)NC(=O)[C@@H](CCN)NC(=O)[C@@H](CCN)NC(=O)[C@@H](CC(C)C)NC(=O)[C@@H](Cc2ccccc2)NC(=O)[C@@H](CCN)NC1=O)[C@@H](C)O. The van der Waals surface area contributed by atoms with Crippen molar-refractivity contribution in [3.8, 4) is 0 Å². The fourth-order valence-corrected chi connectivity index (χ4v) is 8.98. The summed E-state index contributed by atoms with van der Waals surface area (Å²) < 4.78 is 0. The molecule has 1 saturated heterocycles. The fraction of sp³-hybridized carbons (Fsp3) is 0.691. The number of benzene rings is 1. The van der Waals surface area contributed by atoms with Crippen LogP contribution in [0.2, 0.25) is 0 Å². The Morgan fingerprint density at radius 1 is 0.536 bits per heavy atom. The summed E-state index contributed by atoms with van der Waals surface area (Å²) >= 11 is 0. The molecule has 1 heterocycles. The van der Waals surface area contributed by atoms with Crippen molar-refractivity contribution in [2.45, 2.75) is 191 Å². The molecular formula is C55H96N16O13. The molecule has 0 bridgehead atoms. The van der Waals surface area contributed by atoms with Crippen molar-refractivity contribution in [1.82, 2.24) is 58.5 Å². The Balaban J connectivity index is 2.69. The largest absolute Gasteiger partial charge is 0.391 e. The third-order valence-corrected chi connectivity index (χ3v) is 13.6. The Hall–Kier alpha value is -6.89. The van der Waals surface area contributed by atoms with E-state index in [0.717, 1.165) is 12.8 Å². The Kier molecular flexibility index (Phi) is 33.9. The van der Waals surface area contributed by atoms with Crippen LogP contribution in [0.1, 0.15) is 118 Å². The molecule has 1 aromatic carbocycles. The first kappa shape index (κ1) is 73.2. The first-order valence-electron chi connectivity index (χ1n) is 29.0. The van der Waals surface area contributed by atoms with Gasteiger partial charge in [0.15, 0.2) is 0 Å². The summed E-state index contributed by atoms with van der Waals surface area (Å²) in [6.07, 6.45) is -2.10. The predicted molar refractivity (Wildman–Crippen MR) is 312 cm³/mol. The molecule has 1 unspecified atom stereocenters. The van der Waals surface area contributed by atoms with Gasteiger partial charge in [-0.25, -0.2) is 0 Å². The van der Waals surface area contributed by atoms with E-state index in [1.807, 2.05) is 0 Å². The summed E-state index contributed by atoms with van der Waals surface area (Å²) in [7, 11) is 0. The van der Waals surface area contributed by atoms with Gasteiger partial charge in [-0.2, -0.15) is 0 Å². The summed E-state index contributed by atoms with van der Waals surface area (Å²) in [6, 6.07) is -6.23. The van der Waals surface area contributed by atoms with Gasteiger partial charge in [0.05, 0.1) is 12.2 Å². The van der Waals surface area contributed by atoms with Crippen LogP contribution in [0, 0.1) is 11.8 Å². The molecule has 29 heteroatoms. The number of carbonyl (C=O) groups excluding carboxylic acids is 11. The van der Waals surface area contributed by atoms with Crippen LogP contribution < -0.4 is 87.2 Å². The molecule has 23 N–H and O–H groups in total. The van der Waals surface area contributed by atoms with Gasteiger partial charge in [-0.05, 0) is 115 Å². The lowest BCUT2D eigenvalue weighted by Gasteiger charge is -2.29. The van der Waals surface area contributed by atoms with Gasteiger partial charge in [0.2, 0.25) is 65.0 Å². The van der Waals surface area contributed by atoms with Crippen molar-refractivity contribution >= 4 is 65.0 Å². The number of rotatable bonds is 28. The highest BCUT2D eigenvalue weighted by Crippen LogP contribution is 2.12. The third-order valence-electron chi connectivity index (χ3n) is 13.6. The number of aliphatic hydroxyl groups is 2. The van der Waals surface area contributed by atoms with Gasteiger partial charge in [-0.15, -0.1) is 0 Å². The standard InChI is InChI=1S/C55H96N16O13/c1-30(2)12-10-11-15-43(74)62-35(16-22-56)50(79)71-45(33(6)73)55(84)67-38(19-25-59)47(76)66-40-21-27-61-54(83)44(32(5)72)70-51(80)39(20-26-60)64-46(75)36(17-23-57)65-52(81)41(28-31(3)4)68-53(82)42(29-34-13-8-7-9-14-34)69-48(77)37(18-24-58)63-49(40)78/h7-9,13-14,30-33,35-42,44-45,72-73H,10-12,15-29,56-60H2,1-6H3,(H,61,83)(H,62,74)(H,63,78)(H,64,75)(H,65,81)(H,66,76)(H,67,84)(H,68,82)(H,69,77)(H,70,80)(H,71,79)/t32-,33-,35+,36-,37-,38-,39-,40-,41-,42-,44?,45-/m1/s1. The zero-order valence-electron chi connectivity index (χ0n) is 49.5. The highest BCUT2D eigenvalue weighted by atomic mass is 16.3. The molecule has 84 heavy (non-hydrogen) atoms. The number of amides is 11. The van der Waals surface area contributed by atoms with Crippen LogP contribution in [-0.2, 0) is 59.2 Å². The number of nitrogens with one attached hydrogen (secondary N) is 11. The van der Waals surface area contributed by atoms with Crippen LogP contribution in [0.15, 0.2) is 30.3 Å². The highest BCUT2D eigenvalue weighted by molar-refractivity contribution is 5.99. The van der Waals surface area contributed by atoms with Crippen molar-refractivity contribution in [3.63, 3.8) is 0 Å². The summed E-state index contributed by atoms with van der Waals surface area (Å²) in [5.74, 6) is -9.52. The van der Waals surface area contributed by atoms with Crippen molar-refractivity contribution in [3.05, 3.63) is 35.9 Å². The van der Waals surface area contributed by atoms with E-state index in [4.69, 9.17) is 28.7 Å². The first-order chi connectivity index (χ1) is 39.8. The van der Waals surface area contributed by atoms with Gasteiger partial charge in [-0.3, -0.25) is 52.7 Å². The van der Waals surface area contributed by atoms with Gasteiger partial charge >= 0.3 is 0 Å². The average Bonchev–Trinajstić information content (AvgIpc) is 3.63. The number of unbranched alkanes of at least 4 members (excludes halogenated alkanes) is 1. The van der Waals surface area contributed by atoms with Crippen LogP contribution in [0.4, 0.5) is 0 Å². The van der Waals surface area contributed by atoms with Crippen LogP contribution in [0.5, 0.6) is 0 Å². The topological polar surface area (TPSA) is 491 Å². The third kappa shape index (κ3) is 26.4. The molecule has 0 radical (unpaired) electrons. The monoisotopic (exact) mass is 1190 g/mol.